The number of aromatic amines is 1. The lowest BCUT2D eigenvalue weighted by molar-refractivity contribution is -0.144. The van der Waals surface area contributed by atoms with E-state index in [1.807, 2.05) is 6.92 Å². The van der Waals surface area contributed by atoms with E-state index in [4.69, 9.17) is 16.6 Å². The maximum Gasteiger partial charge on any atom is 0.451 e. The number of amidine groups is 1. The fourth-order valence-electron chi connectivity index (χ4n) is 3.36. The molecule has 0 bridgehead atoms. The number of alkyl halides is 3. The first-order chi connectivity index (χ1) is 16.0. The highest BCUT2D eigenvalue weighted by Crippen LogP contribution is 2.33. The van der Waals surface area contributed by atoms with Crippen molar-refractivity contribution < 1.29 is 22.0 Å². The normalized spacial score (nSPS) is 12.9. The number of allylic oxidation sites excluding steroid dienone is 1. The Morgan fingerprint density at radius 3 is 2.41 bits per heavy atom. The summed E-state index contributed by atoms with van der Waals surface area (Å²) in [6.07, 6.45) is 0.198. The van der Waals surface area contributed by atoms with Crippen LogP contribution in [0, 0.1) is 22.5 Å². The van der Waals surface area contributed by atoms with Gasteiger partial charge in [-0.1, -0.05) is 6.92 Å². The Balaban J connectivity index is 1.98. The Morgan fingerprint density at radius 2 is 1.88 bits per heavy atom. The minimum atomic E-state index is -4.70. The molecule has 12 heteroatoms. The van der Waals surface area contributed by atoms with Crippen molar-refractivity contribution in [1.82, 2.24) is 15.0 Å². The van der Waals surface area contributed by atoms with E-state index < -0.39 is 29.6 Å². The summed E-state index contributed by atoms with van der Waals surface area (Å²) in [5.74, 6) is -3.64. The Morgan fingerprint density at radius 1 is 1.21 bits per heavy atom. The SMILES string of the molecule is CCC(/C(C=N)=C/Nc1ccc(F)cc1F)c1cc(-c2cnc(C(F)(F)F)nc2)c(C(=N)N)[nH]1. The summed E-state index contributed by atoms with van der Waals surface area (Å²) in [5, 5.41) is 18.3. The van der Waals surface area contributed by atoms with Crippen molar-refractivity contribution in [3.8, 4) is 11.1 Å². The lowest BCUT2D eigenvalue weighted by Crippen LogP contribution is -2.14. The topological polar surface area (TPSA) is 127 Å². The van der Waals surface area contributed by atoms with Crippen LogP contribution < -0.4 is 11.1 Å². The van der Waals surface area contributed by atoms with E-state index in [-0.39, 0.29) is 22.8 Å². The third-order valence-electron chi connectivity index (χ3n) is 5.00. The molecule has 1 aromatic carbocycles. The summed E-state index contributed by atoms with van der Waals surface area (Å²) < 4.78 is 65.4. The number of nitrogens with two attached hydrogens (primary N) is 1. The van der Waals surface area contributed by atoms with Crippen LogP contribution in [-0.4, -0.2) is 27.0 Å². The first-order valence-corrected chi connectivity index (χ1v) is 9.94. The molecule has 0 aliphatic rings. The van der Waals surface area contributed by atoms with Crippen LogP contribution in [-0.2, 0) is 6.18 Å². The number of hydrogen-bond donors (Lipinski definition) is 5. The number of aromatic nitrogens is 3. The van der Waals surface area contributed by atoms with Crippen LogP contribution in [0.4, 0.5) is 27.6 Å². The van der Waals surface area contributed by atoms with Gasteiger partial charge in [0.15, 0.2) is 0 Å². The van der Waals surface area contributed by atoms with Crippen molar-refractivity contribution in [2.45, 2.75) is 25.4 Å². The number of nitrogens with zero attached hydrogens (tertiary/aromatic N) is 2. The minimum absolute atomic E-state index is 0.00843. The van der Waals surface area contributed by atoms with E-state index in [1.54, 1.807) is 6.07 Å². The van der Waals surface area contributed by atoms with E-state index in [1.165, 1.54) is 12.3 Å². The molecule has 3 aromatic rings. The molecular weight excluding hydrogens is 457 g/mol. The molecule has 3 rings (SSSR count). The quantitative estimate of drug-likeness (QED) is 0.174. The molecule has 178 valence electrons. The fourth-order valence-corrected chi connectivity index (χ4v) is 3.36. The van der Waals surface area contributed by atoms with Crippen molar-refractivity contribution in [2.24, 2.45) is 5.73 Å². The molecule has 0 spiro atoms. The van der Waals surface area contributed by atoms with Crippen LogP contribution in [0.15, 0.2) is 48.4 Å². The van der Waals surface area contributed by atoms with Gasteiger partial charge in [-0.3, -0.25) is 5.41 Å². The summed E-state index contributed by atoms with van der Waals surface area (Å²) in [6, 6.07) is 4.62. The molecule has 0 aliphatic carbocycles. The van der Waals surface area contributed by atoms with Crippen LogP contribution in [0.2, 0.25) is 0 Å². The second-order valence-electron chi connectivity index (χ2n) is 7.24. The number of nitrogens with one attached hydrogen (secondary N) is 4. The third-order valence-corrected chi connectivity index (χ3v) is 5.00. The summed E-state index contributed by atoms with van der Waals surface area (Å²) in [7, 11) is 0. The van der Waals surface area contributed by atoms with Gasteiger partial charge in [-0.25, -0.2) is 18.7 Å². The highest BCUT2D eigenvalue weighted by molar-refractivity contribution is 6.00. The van der Waals surface area contributed by atoms with Crippen molar-refractivity contribution in [3.05, 3.63) is 77.3 Å². The number of benzene rings is 1. The zero-order chi connectivity index (χ0) is 25.0. The Kier molecular flexibility index (Phi) is 7.08. The first kappa shape index (κ1) is 24.6. The highest BCUT2D eigenvalue weighted by atomic mass is 19.4. The molecular formula is C22H20F5N7. The number of H-pyrrole nitrogens is 1. The Hall–Kier alpha value is -4.09. The lowest BCUT2D eigenvalue weighted by atomic mass is 9.93. The maximum atomic E-state index is 13.9. The van der Waals surface area contributed by atoms with Crippen molar-refractivity contribution in [3.63, 3.8) is 0 Å². The van der Waals surface area contributed by atoms with Crippen LogP contribution in [0.3, 0.4) is 0 Å². The molecule has 2 aromatic heterocycles. The summed E-state index contributed by atoms with van der Waals surface area (Å²) >= 11 is 0. The molecule has 2 heterocycles. The Labute approximate surface area is 191 Å². The van der Waals surface area contributed by atoms with Crippen LogP contribution >= 0.6 is 0 Å². The monoisotopic (exact) mass is 477 g/mol. The summed E-state index contributed by atoms with van der Waals surface area (Å²) in [5.41, 5.74) is 7.28. The second-order valence-corrected chi connectivity index (χ2v) is 7.24. The van der Waals surface area contributed by atoms with E-state index >= 15 is 0 Å². The van der Waals surface area contributed by atoms with Gasteiger partial charge in [0.1, 0.15) is 17.5 Å². The zero-order valence-corrected chi connectivity index (χ0v) is 17.8. The predicted octanol–water partition coefficient (Wildman–Crippen LogP) is 5.19. The number of rotatable bonds is 8. The summed E-state index contributed by atoms with van der Waals surface area (Å²) in [6.45, 7) is 1.83. The van der Waals surface area contributed by atoms with Gasteiger partial charge >= 0.3 is 6.18 Å². The minimum Gasteiger partial charge on any atom is -0.382 e. The first-order valence-electron chi connectivity index (χ1n) is 9.94. The maximum absolute atomic E-state index is 13.9. The van der Waals surface area contributed by atoms with Gasteiger partial charge in [0.05, 0.1) is 11.4 Å². The average Bonchev–Trinajstić information content (AvgIpc) is 3.22. The standard InChI is InChI=1S/C22H20F5N7/c1-2-14(11(7-28)8-31-17-4-3-13(23)5-16(17)24)18-6-15(19(34-18)20(29)30)12-9-32-21(33-10-12)22(25,26)27/h3-10,14,28,31,34H,2H2,1H3,(H3,29,30)/b11-8+,28-7?. The van der Waals surface area contributed by atoms with Gasteiger partial charge in [-0.05, 0) is 30.2 Å². The molecule has 7 nitrogen and oxygen atoms in total. The molecule has 0 aliphatic heterocycles. The van der Waals surface area contributed by atoms with Crippen LogP contribution in [0.25, 0.3) is 11.1 Å². The van der Waals surface area contributed by atoms with Crippen molar-refractivity contribution >= 4 is 17.7 Å². The highest BCUT2D eigenvalue weighted by Gasteiger charge is 2.34. The van der Waals surface area contributed by atoms with Gasteiger partial charge in [0.2, 0.25) is 5.82 Å². The fraction of sp³-hybridized carbons (Fsp3) is 0.182. The predicted molar refractivity (Wildman–Crippen MR) is 118 cm³/mol. The molecule has 0 amide bonds. The molecule has 0 saturated heterocycles. The van der Waals surface area contributed by atoms with E-state index in [2.05, 4.69) is 20.3 Å². The second kappa shape index (κ2) is 9.81. The summed E-state index contributed by atoms with van der Waals surface area (Å²) in [4.78, 5) is 9.68. The lowest BCUT2D eigenvalue weighted by Gasteiger charge is -2.15. The number of anilines is 1. The smallest absolute Gasteiger partial charge is 0.382 e. The van der Waals surface area contributed by atoms with Gasteiger partial charge in [0, 0.05) is 53.6 Å². The van der Waals surface area contributed by atoms with Crippen LogP contribution in [0.5, 0.6) is 0 Å². The molecule has 34 heavy (non-hydrogen) atoms. The van der Waals surface area contributed by atoms with Gasteiger partial charge < -0.3 is 21.4 Å². The molecule has 0 fully saturated rings. The van der Waals surface area contributed by atoms with Gasteiger partial charge in [0.25, 0.3) is 0 Å². The average molecular weight is 477 g/mol. The molecule has 0 radical (unpaired) electrons. The molecule has 6 N–H and O–H groups in total. The number of nitrogen functional groups attached to an aromatic ring is 1. The molecule has 1 unspecified atom stereocenters. The third kappa shape index (κ3) is 5.27. The van der Waals surface area contributed by atoms with Crippen molar-refractivity contribution in [2.75, 3.05) is 5.32 Å². The van der Waals surface area contributed by atoms with E-state index in [9.17, 15) is 22.0 Å². The van der Waals surface area contributed by atoms with Crippen LogP contribution in [0.1, 0.15) is 36.5 Å². The Bertz CT molecular complexity index is 1230. The van der Waals surface area contributed by atoms with Gasteiger partial charge in [-0.15, -0.1) is 0 Å². The van der Waals surface area contributed by atoms with E-state index in [0.717, 1.165) is 30.7 Å². The van der Waals surface area contributed by atoms with Gasteiger partial charge in [-0.2, -0.15) is 13.2 Å². The van der Waals surface area contributed by atoms with E-state index in [0.29, 0.717) is 23.3 Å². The molecule has 0 saturated carbocycles. The number of hydrogen-bond acceptors (Lipinski definition) is 5. The molecule has 1 atom stereocenters. The zero-order valence-electron chi connectivity index (χ0n) is 17.8. The van der Waals surface area contributed by atoms with Crippen molar-refractivity contribution in [1.29, 1.82) is 10.8 Å². The number of halogens is 5. The largest absolute Gasteiger partial charge is 0.451 e.